The van der Waals surface area contributed by atoms with Gasteiger partial charge in [-0.2, -0.15) is 0 Å². The molecule has 0 spiro atoms. The number of hydrogen-bond acceptors (Lipinski definition) is 5. The second-order valence-electron chi connectivity index (χ2n) is 6.11. The van der Waals surface area contributed by atoms with Crippen molar-refractivity contribution in [2.24, 2.45) is 5.92 Å². The summed E-state index contributed by atoms with van der Waals surface area (Å²) in [4.78, 5) is 12.9. The van der Waals surface area contributed by atoms with Crippen molar-refractivity contribution in [2.75, 3.05) is 30.3 Å². The molecule has 1 fully saturated rings. The molecular weight excluding hydrogens is 306 g/mol. The number of benzene rings is 2. The van der Waals surface area contributed by atoms with E-state index in [1.54, 1.807) is 12.1 Å². The van der Waals surface area contributed by atoms with Crippen molar-refractivity contribution in [3.05, 3.63) is 64.2 Å². The second kappa shape index (κ2) is 7.31. The van der Waals surface area contributed by atoms with Gasteiger partial charge in [-0.25, -0.2) is 0 Å². The zero-order valence-electron chi connectivity index (χ0n) is 13.4. The summed E-state index contributed by atoms with van der Waals surface area (Å²) in [5.41, 5.74) is 8.20. The number of nitrogen functional groups attached to an aromatic ring is 1. The first kappa shape index (κ1) is 16.3. The van der Waals surface area contributed by atoms with Crippen LogP contribution in [0.4, 0.5) is 17.1 Å². The molecule has 2 N–H and O–H groups in total. The fraction of sp³-hybridized carbons (Fsp3) is 0.333. The third-order valence-electron chi connectivity index (χ3n) is 4.29. The lowest BCUT2D eigenvalue weighted by molar-refractivity contribution is -0.384. The van der Waals surface area contributed by atoms with E-state index in [1.165, 1.54) is 6.07 Å². The van der Waals surface area contributed by atoms with Crippen LogP contribution in [0.5, 0.6) is 0 Å². The fourth-order valence-electron chi connectivity index (χ4n) is 3.05. The van der Waals surface area contributed by atoms with Crippen LogP contribution < -0.4 is 10.6 Å². The molecule has 1 saturated heterocycles. The quantitative estimate of drug-likeness (QED) is 0.500. The number of nitro benzene ring substituents is 1. The molecule has 0 saturated carbocycles. The smallest absolute Gasteiger partial charge is 0.292 e. The van der Waals surface area contributed by atoms with Gasteiger partial charge in [0.25, 0.3) is 5.69 Å². The van der Waals surface area contributed by atoms with E-state index in [-0.39, 0.29) is 10.6 Å². The van der Waals surface area contributed by atoms with Crippen molar-refractivity contribution < 1.29 is 9.66 Å². The Kier molecular flexibility index (Phi) is 4.96. The molecule has 6 nitrogen and oxygen atoms in total. The molecule has 1 atom stereocenters. The number of ether oxygens (including phenoxy) is 1. The van der Waals surface area contributed by atoms with Gasteiger partial charge < -0.3 is 15.4 Å². The molecule has 0 aliphatic carbocycles. The number of nitrogens with two attached hydrogens (primary N) is 1. The predicted molar refractivity (Wildman–Crippen MR) is 93.9 cm³/mol. The van der Waals surface area contributed by atoms with Crippen LogP contribution in [0.1, 0.15) is 12.0 Å². The highest BCUT2D eigenvalue weighted by molar-refractivity contribution is 5.69. The van der Waals surface area contributed by atoms with Crippen LogP contribution in [0, 0.1) is 16.0 Å². The molecule has 0 aromatic heterocycles. The van der Waals surface area contributed by atoms with E-state index in [9.17, 15) is 10.1 Å². The van der Waals surface area contributed by atoms with Crippen molar-refractivity contribution in [3.8, 4) is 0 Å². The highest BCUT2D eigenvalue weighted by Gasteiger charge is 2.27. The Morgan fingerprint density at radius 2 is 2.04 bits per heavy atom. The van der Waals surface area contributed by atoms with Gasteiger partial charge in [-0.1, -0.05) is 30.3 Å². The Labute approximate surface area is 141 Å². The van der Waals surface area contributed by atoms with Gasteiger partial charge in [0.1, 0.15) is 5.69 Å². The molecule has 0 amide bonds. The van der Waals surface area contributed by atoms with Gasteiger partial charge >= 0.3 is 0 Å². The summed E-state index contributed by atoms with van der Waals surface area (Å²) in [6.45, 7) is 2.78. The number of rotatable bonds is 6. The topological polar surface area (TPSA) is 81.6 Å². The zero-order valence-corrected chi connectivity index (χ0v) is 13.4. The molecule has 1 heterocycles. The van der Waals surface area contributed by atoms with Crippen LogP contribution in [0.25, 0.3) is 0 Å². The lowest BCUT2D eigenvalue weighted by Gasteiger charge is -2.19. The van der Waals surface area contributed by atoms with Crippen molar-refractivity contribution in [1.82, 2.24) is 0 Å². The zero-order chi connectivity index (χ0) is 16.9. The average Bonchev–Trinajstić information content (AvgIpc) is 3.04. The minimum absolute atomic E-state index is 0.107. The van der Waals surface area contributed by atoms with E-state index in [0.29, 0.717) is 30.5 Å². The van der Waals surface area contributed by atoms with Gasteiger partial charge in [-0.15, -0.1) is 0 Å². The highest BCUT2D eigenvalue weighted by atomic mass is 16.6. The van der Waals surface area contributed by atoms with Crippen LogP contribution in [0.2, 0.25) is 0 Å². The number of nitrogens with zero attached hydrogens (tertiary/aromatic N) is 2. The van der Waals surface area contributed by atoms with Crippen LogP contribution in [-0.2, 0) is 11.3 Å². The summed E-state index contributed by atoms with van der Waals surface area (Å²) in [6.07, 6.45) is 0.959. The lowest BCUT2D eigenvalue weighted by atomic mass is 10.1. The third-order valence-corrected chi connectivity index (χ3v) is 4.29. The Balaban J connectivity index is 1.57. The standard InChI is InChI=1S/C18H21N3O3/c19-16-6-7-17(21(22)23)18(10-16)20-9-8-15(11-20)13-24-12-14-4-2-1-3-5-14/h1-7,10,15H,8-9,11-13,19H2/t15-/m1/s1. The van der Waals surface area contributed by atoms with Crippen LogP contribution in [0.3, 0.4) is 0 Å². The summed E-state index contributed by atoms with van der Waals surface area (Å²) in [5.74, 6) is 0.370. The van der Waals surface area contributed by atoms with Gasteiger partial charge in [-0.3, -0.25) is 10.1 Å². The first-order valence-corrected chi connectivity index (χ1v) is 8.04. The molecule has 0 bridgehead atoms. The molecule has 0 unspecified atom stereocenters. The predicted octanol–water partition coefficient (Wildman–Crippen LogP) is 3.22. The molecule has 1 aliphatic rings. The Hall–Kier alpha value is -2.60. The van der Waals surface area contributed by atoms with Gasteiger partial charge in [0.15, 0.2) is 0 Å². The SMILES string of the molecule is Nc1ccc([N+](=O)[O-])c(N2CC[C@@H](COCc3ccccc3)C2)c1. The summed E-state index contributed by atoms with van der Waals surface area (Å²) >= 11 is 0. The molecule has 3 rings (SSSR count). The average molecular weight is 327 g/mol. The summed E-state index contributed by atoms with van der Waals surface area (Å²) < 4.78 is 5.80. The fourth-order valence-corrected chi connectivity index (χ4v) is 3.05. The largest absolute Gasteiger partial charge is 0.399 e. The van der Waals surface area contributed by atoms with Gasteiger partial charge in [0, 0.05) is 30.8 Å². The second-order valence-corrected chi connectivity index (χ2v) is 6.11. The van der Waals surface area contributed by atoms with Crippen LogP contribution >= 0.6 is 0 Å². The van der Waals surface area contributed by atoms with E-state index < -0.39 is 0 Å². The Morgan fingerprint density at radius 1 is 1.25 bits per heavy atom. The Bertz CT molecular complexity index is 706. The highest BCUT2D eigenvalue weighted by Crippen LogP contribution is 2.33. The third kappa shape index (κ3) is 3.83. The van der Waals surface area contributed by atoms with Gasteiger partial charge in [-0.05, 0) is 24.1 Å². The monoisotopic (exact) mass is 327 g/mol. The van der Waals surface area contributed by atoms with Gasteiger partial charge in [0.05, 0.1) is 18.1 Å². The first-order chi connectivity index (χ1) is 11.6. The van der Waals surface area contributed by atoms with Crippen molar-refractivity contribution >= 4 is 17.1 Å². The molecule has 2 aromatic rings. The maximum absolute atomic E-state index is 11.2. The van der Waals surface area contributed by atoms with Crippen LogP contribution in [-0.4, -0.2) is 24.6 Å². The molecule has 24 heavy (non-hydrogen) atoms. The van der Waals surface area contributed by atoms with E-state index in [1.807, 2.05) is 35.2 Å². The minimum atomic E-state index is -0.353. The number of anilines is 2. The lowest BCUT2D eigenvalue weighted by Crippen LogP contribution is -2.22. The van der Waals surface area contributed by atoms with E-state index in [4.69, 9.17) is 10.5 Å². The summed E-state index contributed by atoms with van der Waals surface area (Å²) in [5, 5.41) is 11.2. The van der Waals surface area contributed by atoms with Crippen molar-refractivity contribution in [2.45, 2.75) is 13.0 Å². The summed E-state index contributed by atoms with van der Waals surface area (Å²) in [7, 11) is 0. The van der Waals surface area contributed by atoms with Crippen molar-refractivity contribution in [3.63, 3.8) is 0 Å². The van der Waals surface area contributed by atoms with E-state index >= 15 is 0 Å². The summed E-state index contributed by atoms with van der Waals surface area (Å²) in [6, 6.07) is 14.8. The Morgan fingerprint density at radius 3 is 2.79 bits per heavy atom. The molecule has 2 aromatic carbocycles. The van der Waals surface area contributed by atoms with E-state index in [0.717, 1.165) is 25.1 Å². The first-order valence-electron chi connectivity index (χ1n) is 8.04. The maximum Gasteiger partial charge on any atom is 0.292 e. The number of hydrogen-bond donors (Lipinski definition) is 1. The molecule has 126 valence electrons. The van der Waals surface area contributed by atoms with Crippen molar-refractivity contribution in [1.29, 1.82) is 0 Å². The molecule has 0 radical (unpaired) electrons. The molecule has 1 aliphatic heterocycles. The van der Waals surface area contributed by atoms with Crippen LogP contribution in [0.15, 0.2) is 48.5 Å². The van der Waals surface area contributed by atoms with E-state index in [2.05, 4.69) is 0 Å². The maximum atomic E-state index is 11.2. The molecule has 6 heteroatoms. The minimum Gasteiger partial charge on any atom is -0.399 e. The van der Waals surface area contributed by atoms with Gasteiger partial charge in [0.2, 0.25) is 0 Å². The molecular formula is C18H21N3O3. The number of nitro groups is 1. The normalized spacial score (nSPS) is 17.2.